The van der Waals surface area contributed by atoms with Crippen molar-refractivity contribution < 1.29 is 8.95 Å². The van der Waals surface area contributed by atoms with Gasteiger partial charge in [0, 0.05) is 27.3 Å². The molecular formula is C11H17NO2S. The zero-order valence-electron chi connectivity index (χ0n) is 9.32. The van der Waals surface area contributed by atoms with Crippen LogP contribution in [0.15, 0.2) is 18.2 Å². The molecule has 1 aromatic rings. The molecule has 0 aliphatic carbocycles. The summed E-state index contributed by atoms with van der Waals surface area (Å²) in [5.41, 5.74) is 7.26. The van der Waals surface area contributed by atoms with Gasteiger partial charge in [0.2, 0.25) is 0 Å². The largest absolute Gasteiger partial charge is 0.496 e. The van der Waals surface area contributed by atoms with Gasteiger partial charge in [0.05, 0.1) is 12.9 Å². The number of methoxy groups -OCH3 is 1. The van der Waals surface area contributed by atoms with Crippen molar-refractivity contribution in [1.29, 1.82) is 0 Å². The quantitative estimate of drug-likeness (QED) is 0.800. The van der Waals surface area contributed by atoms with Crippen molar-refractivity contribution in [2.24, 2.45) is 0 Å². The third-order valence-corrected chi connectivity index (χ3v) is 3.78. The third-order valence-electron chi connectivity index (χ3n) is 2.13. The van der Waals surface area contributed by atoms with Crippen molar-refractivity contribution >= 4 is 16.5 Å². The summed E-state index contributed by atoms with van der Waals surface area (Å²) >= 11 is 0. The molecule has 0 aliphatic rings. The first-order valence-corrected chi connectivity index (χ1v) is 6.22. The number of hydrogen-bond acceptors (Lipinski definition) is 3. The zero-order valence-corrected chi connectivity index (χ0v) is 10.1. The predicted octanol–water partition coefficient (Wildman–Crippen LogP) is 1.93. The van der Waals surface area contributed by atoms with Gasteiger partial charge in [-0.05, 0) is 18.2 Å². The van der Waals surface area contributed by atoms with Gasteiger partial charge < -0.3 is 10.5 Å². The molecule has 0 saturated heterocycles. The molecule has 1 atom stereocenters. The molecule has 2 N–H and O–H groups in total. The van der Waals surface area contributed by atoms with Crippen LogP contribution >= 0.6 is 0 Å². The van der Waals surface area contributed by atoms with Gasteiger partial charge in [-0.25, -0.2) is 0 Å². The third kappa shape index (κ3) is 3.23. The first-order chi connectivity index (χ1) is 7.04. The number of hydrogen-bond donors (Lipinski definition) is 1. The summed E-state index contributed by atoms with van der Waals surface area (Å²) in [6.45, 7) is 3.88. The lowest BCUT2D eigenvalue weighted by atomic mass is 10.2. The van der Waals surface area contributed by atoms with Crippen molar-refractivity contribution in [2.45, 2.75) is 24.9 Å². The van der Waals surface area contributed by atoms with Crippen molar-refractivity contribution in [3.8, 4) is 5.75 Å². The van der Waals surface area contributed by atoms with E-state index in [2.05, 4.69) is 0 Å². The Morgan fingerprint density at radius 1 is 1.47 bits per heavy atom. The van der Waals surface area contributed by atoms with Crippen molar-refractivity contribution in [2.75, 3.05) is 12.8 Å². The number of benzene rings is 1. The molecular weight excluding hydrogens is 210 g/mol. The summed E-state index contributed by atoms with van der Waals surface area (Å²) in [5.74, 6) is 1.24. The van der Waals surface area contributed by atoms with E-state index < -0.39 is 10.8 Å². The van der Waals surface area contributed by atoms with Gasteiger partial charge in [-0.1, -0.05) is 13.8 Å². The molecule has 0 aliphatic heterocycles. The first kappa shape index (κ1) is 12.0. The van der Waals surface area contributed by atoms with Crippen LogP contribution in [0.2, 0.25) is 0 Å². The normalized spacial score (nSPS) is 12.8. The van der Waals surface area contributed by atoms with E-state index in [1.54, 1.807) is 13.2 Å². The summed E-state index contributed by atoms with van der Waals surface area (Å²) in [4.78, 5) is 0. The average Bonchev–Trinajstić information content (AvgIpc) is 2.18. The molecule has 0 radical (unpaired) electrons. The number of nitrogen functional groups attached to an aromatic ring is 1. The molecule has 0 spiro atoms. The highest BCUT2D eigenvalue weighted by Gasteiger charge is 2.10. The molecule has 0 saturated carbocycles. The maximum atomic E-state index is 11.7. The van der Waals surface area contributed by atoms with Gasteiger partial charge in [0.1, 0.15) is 5.75 Å². The van der Waals surface area contributed by atoms with Gasteiger partial charge in [-0.3, -0.25) is 4.21 Å². The summed E-state index contributed by atoms with van der Waals surface area (Å²) in [6.07, 6.45) is 0. The summed E-state index contributed by atoms with van der Waals surface area (Å²) < 4.78 is 16.9. The minimum atomic E-state index is -0.878. The van der Waals surface area contributed by atoms with Crippen molar-refractivity contribution in [3.05, 3.63) is 23.8 Å². The number of nitrogens with two attached hydrogens (primary N) is 1. The van der Waals surface area contributed by atoms with Crippen LogP contribution in [0.1, 0.15) is 19.4 Å². The predicted molar refractivity (Wildman–Crippen MR) is 64.4 cm³/mol. The van der Waals surface area contributed by atoms with Gasteiger partial charge in [0.25, 0.3) is 0 Å². The maximum absolute atomic E-state index is 11.7. The Labute approximate surface area is 93.1 Å². The molecule has 15 heavy (non-hydrogen) atoms. The molecule has 1 unspecified atom stereocenters. The monoisotopic (exact) mass is 227 g/mol. The fraction of sp³-hybridized carbons (Fsp3) is 0.455. The number of ether oxygens (including phenoxy) is 1. The second-order valence-corrected chi connectivity index (χ2v) is 5.64. The van der Waals surface area contributed by atoms with Crippen LogP contribution in [0.4, 0.5) is 5.69 Å². The lowest BCUT2D eigenvalue weighted by molar-refractivity contribution is 0.411. The minimum Gasteiger partial charge on any atom is -0.496 e. The molecule has 1 rings (SSSR count). The highest BCUT2D eigenvalue weighted by Crippen LogP contribution is 2.23. The van der Waals surface area contributed by atoms with E-state index in [0.717, 1.165) is 11.3 Å². The molecule has 1 aromatic carbocycles. The Morgan fingerprint density at radius 3 is 2.67 bits per heavy atom. The minimum absolute atomic E-state index is 0.149. The van der Waals surface area contributed by atoms with E-state index >= 15 is 0 Å². The topological polar surface area (TPSA) is 52.3 Å². The Bertz CT molecular complexity index is 364. The fourth-order valence-electron chi connectivity index (χ4n) is 1.23. The van der Waals surface area contributed by atoms with E-state index in [-0.39, 0.29) is 5.25 Å². The molecule has 0 fully saturated rings. The van der Waals surface area contributed by atoms with Gasteiger partial charge in [-0.2, -0.15) is 0 Å². The molecule has 0 amide bonds. The van der Waals surface area contributed by atoms with Crippen molar-refractivity contribution in [1.82, 2.24) is 0 Å². The molecule has 0 aromatic heterocycles. The summed E-state index contributed by atoms with van der Waals surface area (Å²) in [6, 6.07) is 5.40. The van der Waals surface area contributed by atoms with E-state index in [0.29, 0.717) is 11.4 Å². The smallest absolute Gasteiger partial charge is 0.123 e. The van der Waals surface area contributed by atoms with Crippen LogP contribution in [0, 0.1) is 0 Å². The molecule has 0 heterocycles. The van der Waals surface area contributed by atoms with E-state index in [4.69, 9.17) is 10.5 Å². The standard InChI is InChI=1S/C11H17NO2S/c1-8(2)15(13)7-9-6-10(12)4-5-11(9)14-3/h4-6,8H,7,12H2,1-3H3. The van der Waals surface area contributed by atoms with Gasteiger partial charge >= 0.3 is 0 Å². The number of anilines is 1. The molecule has 0 bridgehead atoms. The highest BCUT2D eigenvalue weighted by atomic mass is 32.2. The summed E-state index contributed by atoms with van der Waals surface area (Å²) in [7, 11) is 0.726. The number of rotatable bonds is 4. The van der Waals surface area contributed by atoms with E-state index in [9.17, 15) is 4.21 Å². The Kier molecular flexibility index (Phi) is 4.15. The van der Waals surface area contributed by atoms with Crippen LogP contribution < -0.4 is 10.5 Å². The summed E-state index contributed by atoms with van der Waals surface area (Å²) in [5, 5.41) is 0.149. The maximum Gasteiger partial charge on any atom is 0.123 e. The SMILES string of the molecule is COc1ccc(N)cc1CS(=O)C(C)C. The van der Waals surface area contributed by atoms with Crippen molar-refractivity contribution in [3.63, 3.8) is 0 Å². The zero-order chi connectivity index (χ0) is 11.4. The second kappa shape index (κ2) is 5.16. The van der Waals surface area contributed by atoms with Crippen LogP contribution in [0.5, 0.6) is 5.75 Å². The lowest BCUT2D eigenvalue weighted by Gasteiger charge is -2.10. The van der Waals surface area contributed by atoms with Crippen LogP contribution in [0.3, 0.4) is 0 Å². The van der Waals surface area contributed by atoms with Gasteiger partial charge in [0.15, 0.2) is 0 Å². The highest BCUT2D eigenvalue weighted by molar-refractivity contribution is 7.84. The second-order valence-electron chi connectivity index (χ2n) is 3.65. The lowest BCUT2D eigenvalue weighted by Crippen LogP contribution is -2.09. The average molecular weight is 227 g/mol. The Morgan fingerprint density at radius 2 is 2.13 bits per heavy atom. The molecule has 84 valence electrons. The molecule has 4 heteroatoms. The van der Waals surface area contributed by atoms with Crippen LogP contribution in [0.25, 0.3) is 0 Å². The van der Waals surface area contributed by atoms with Crippen LogP contribution in [-0.2, 0) is 16.6 Å². The fourth-order valence-corrected chi connectivity index (χ4v) is 2.10. The Hall–Kier alpha value is -1.03. The Balaban J connectivity index is 2.92. The van der Waals surface area contributed by atoms with E-state index in [1.807, 2.05) is 26.0 Å². The van der Waals surface area contributed by atoms with Gasteiger partial charge in [-0.15, -0.1) is 0 Å². The molecule has 3 nitrogen and oxygen atoms in total. The van der Waals surface area contributed by atoms with Crippen LogP contribution in [-0.4, -0.2) is 16.6 Å². The first-order valence-electron chi connectivity index (χ1n) is 4.84. The van der Waals surface area contributed by atoms with E-state index in [1.165, 1.54) is 0 Å².